The monoisotopic (exact) mass is 374 g/mol. The van der Waals surface area contributed by atoms with Gasteiger partial charge in [-0.3, -0.25) is 0 Å². The van der Waals surface area contributed by atoms with Crippen LogP contribution in [0.25, 0.3) is 22.5 Å². The molecular weight excluding hydrogens is 355 g/mol. The van der Waals surface area contributed by atoms with Crippen molar-refractivity contribution in [3.63, 3.8) is 0 Å². The highest BCUT2D eigenvalue weighted by Crippen LogP contribution is 2.39. The first kappa shape index (κ1) is 18.6. The van der Waals surface area contributed by atoms with E-state index >= 15 is 0 Å². The van der Waals surface area contributed by atoms with Crippen LogP contribution in [0.1, 0.15) is 6.42 Å². The lowest BCUT2D eigenvalue weighted by Gasteiger charge is -2.11. The van der Waals surface area contributed by atoms with Gasteiger partial charge in [-0.2, -0.15) is 0 Å². The summed E-state index contributed by atoms with van der Waals surface area (Å²) < 4.78 is 25.5. The van der Waals surface area contributed by atoms with E-state index in [0.717, 1.165) is 0 Å². The highest BCUT2D eigenvalue weighted by molar-refractivity contribution is 5.79. The summed E-state index contributed by atoms with van der Waals surface area (Å²) in [4.78, 5) is 0. The molecule has 0 aliphatic carbocycles. The predicted molar refractivity (Wildman–Crippen MR) is 95.0 cm³/mol. The number of ether oxygens (including phenoxy) is 2. The van der Waals surface area contributed by atoms with E-state index < -0.39 is 5.82 Å². The summed E-state index contributed by atoms with van der Waals surface area (Å²) in [5.41, 5.74) is 1.07. The van der Waals surface area contributed by atoms with Crippen LogP contribution in [0, 0.1) is 5.82 Å². The third-order valence-electron chi connectivity index (χ3n) is 4.07. The summed E-state index contributed by atoms with van der Waals surface area (Å²) in [6.45, 7) is 1.03. The second-order valence-corrected chi connectivity index (χ2v) is 5.81. The number of hydrogen-bond acceptors (Lipinski definition) is 7. The fourth-order valence-electron chi connectivity index (χ4n) is 2.73. The maximum Gasteiger partial charge on any atom is 0.185 e. The SMILES string of the molecule is COCCCn1nnnc1-c1cc(-c2ccc(OC)c(F)c2)c(O)cc1O. The zero-order valence-corrected chi connectivity index (χ0v) is 14.9. The number of aromatic nitrogens is 4. The maximum atomic E-state index is 14.1. The zero-order chi connectivity index (χ0) is 19.4. The second kappa shape index (κ2) is 8.00. The smallest absolute Gasteiger partial charge is 0.185 e. The van der Waals surface area contributed by atoms with Crippen molar-refractivity contribution in [2.24, 2.45) is 0 Å². The van der Waals surface area contributed by atoms with Crippen molar-refractivity contribution >= 4 is 0 Å². The molecule has 0 radical (unpaired) electrons. The molecule has 0 spiro atoms. The number of phenolic OH excluding ortho intramolecular Hbond substituents is 2. The number of nitrogens with zero attached hydrogens (tertiary/aromatic N) is 4. The van der Waals surface area contributed by atoms with Gasteiger partial charge < -0.3 is 19.7 Å². The van der Waals surface area contributed by atoms with Crippen LogP contribution in [0.15, 0.2) is 30.3 Å². The summed E-state index contributed by atoms with van der Waals surface area (Å²) in [6, 6.07) is 7.02. The molecule has 1 aromatic heterocycles. The summed E-state index contributed by atoms with van der Waals surface area (Å²) in [5, 5.41) is 32.0. The minimum atomic E-state index is -0.562. The van der Waals surface area contributed by atoms with Crippen molar-refractivity contribution in [3.8, 4) is 39.8 Å². The van der Waals surface area contributed by atoms with E-state index in [-0.39, 0.29) is 17.2 Å². The molecule has 142 valence electrons. The van der Waals surface area contributed by atoms with E-state index in [1.54, 1.807) is 13.2 Å². The Bertz CT molecular complexity index is 945. The molecule has 0 fully saturated rings. The molecule has 0 unspecified atom stereocenters. The van der Waals surface area contributed by atoms with Crippen molar-refractivity contribution in [3.05, 3.63) is 36.1 Å². The minimum absolute atomic E-state index is 0.0966. The highest BCUT2D eigenvalue weighted by atomic mass is 19.1. The van der Waals surface area contributed by atoms with Gasteiger partial charge in [0.15, 0.2) is 17.4 Å². The first-order chi connectivity index (χ1) is 13.0. The number of rotatable bonds is 7. The summed E-state index contributed by atoms with van der Waals surface area (Å²) in [5.74, 6) is -0.515. The third kappa shape index (κ3) is 3.82. The zero-order valence-electron chi connectivity index (χ0n) is 14.9. The Morgan fingerprint density at radius 1 is 1.07 bits per heavy atom. The number of halogens is 1. The van der Waals surface area contributed by atoms with Gasteiger partial charge in [-0.05, 0) is 40.6 Å². The fraction of sp³-hybridized carbons (Fsp3) is 0.278. The number of benzene rings is 2. The van der Waals surface area contributed by atoms with Crippen LogP contribution >= 0.6 is 0 Å². The first-order valence-corrected chi connectivity index (χ1v) is 8.20. The fourth-order valence-corrected chi connectivity index (χ4v) is 2.73. The summed E-state index contributed by atoms with van der Waals surface area (Å²) in [7, 11) is 2.98. The molecular formula is C18H19FN4O4. The molecule has 0 atom stereocenters. The minimum Gasteiger partial charge on any atom is -0.507 e. The predicted octanol–water partition coefficient (Wildman–Crippen LogP) is 2.60. The van der Waals surface area contributed by atoms with Crippen LogP contribution in [-0.2, 0) is 11.3 Å². The standard InChI is InChI=1S/C18H19FN4O4/c1-26-7-3-6-23-18(20-21-22-23)13-9-12(15(24)10-16(13)25)11-4-5-17(27-2)14(19)8-11/h4-5,8-10,24-25H,3,6-7H2,1-2H3. The number of hydrogen-bond donors (Lipinski definition) is 2. The molecule has 0 saturated heterocycles. The molecule has 0 saturated carbocycles. The number of phenols is 2. The average molecular weight is 374 g/mol. The number of aryl methyl sites for hydroxylation is 1. The van der Waals surface area contributed by atoms with Crippen LogP contribution in [0.4, 0.5) is 4.39 Å². The van der Waals surface area contributed by atoms with Gasteiger partial charge in [-0.1, -0.05) is 6.07 Å². The van der Waals surface area contributed by atoms with Crippen molar-refractivity contribution < 1.29 is 24.1 Å². The molecule has 3 aromatic rings. The molecule has 0 amide bonds. The van der Waals surface area contributed by atoms with Gasteiger partial charge in [0.2, 0.25) is 0 Å². The number of tetrazole rings is 1. The largest absolute Gasteiger partial charge is 0.507 e. The Hall–Kier alpha value is -3.20. The van der Waals surface area contributed by atoms with Gasteiger partial charge in [0.25, 0.3) is 0 Å². The van der Waals surface area contributed by atoms with Crippen molar-refractivity contribution in [1.82, 2.24) is 20.2 Å². The Morgan fingerprint density at radius 3 is 2.56 bits per heavy atom. The van der Waals surface area contributed by atoms with Crippen LogP contribution < -0.4 is 4.74 Å². The van der Waals surface area contributed by atoms with Crippen LogP contribution in [0.5, 0.6) is 17.2 Å². The van der Waals surface area contributed by atoms with E-state index in [9.17, 15) is 14.6 Å². The first-order valence-electron chi connectivity index (χ1n) is 8.20. The normalized spacial score (nSPS) is 10.9. The summed E-state index contributed by atoms with van der Waals surface area (Å²) in [6.07, 6.45) is 0.684. The molecule has 3 rings (SSSR count). The molecule has 8 nitrogen and oxygen atoms in total. The van der Waals surface area contributed by atoms with Gasteiger partial charge >= 0.3 is 0 Å². The maximum absolute atomic E-state index is 14.1. The van der Waals surface area contributed by atoms with Crippen molar-refractivity contribution in [1.29, 1.82) is 0 Å². The quantitative estimate of drug-likeness (QED) is 0.613. The molecule has 0 aliphatic heterocycles. The van der Waals surface area contributed by atoms with Crippen LogP contribution in [0.3, 0.4) is 0 Å². The highest BCUT2D eigenvalue weighted by Gasteiger charge is 2.18. The Labute approximate surface area is 154 Å². The van der Waals surface area contributed by atoms with Crippen molar-refractivity contribution in [2.45, 2.75) is 13.0 Å². The van der Waals surface area contributed by atoms with E-state index in [0.29, 0.717) is 42.1 Å². The molecule has 2 aromatic carbocycles. The van der Waals surface area contributed by atoms with E-state index in [1.165, 1.54) is 36.1 Å². The average Bonchev–Trinajstić information content (AvgIpc) is 3.10. The Balaban J connectivity index is 2.03. The van der Waals surface area contributed by atoms with E-state index in [1.807, 2.05) is 0 Å². The number of methoxy groups -OCH3 is 2. The lowest BCUT2D eigenvalue weighted by Crippen LogP contribution is -2.05. The van der Waals surface area contributed by atoms with Gasteiger partial charge in [0, 0.05) is 31.9 Å². The molecule has 27 heavy (non-hydrogen) atoms. The Morgan fingerprint density at radius 2 is 1.85 bits per heavy atom. The topological polar surface area (TPSA) is 103 Å². The van der Waals surface area contributed by atoms with Crippen molar-refractivity contribution in [2.75, 3.05) is 20.8 Å². The molecule has 0 bridgehead atoms. The molecule has 1 heterocycles. The van der Waals surface area contributed by atoms with E-state index in [2.05, 4.69) is 15.5 Å². The molecule has 0 aliphatic rings. The molecule has 2 N–H and O–H groups in total. The van der Waals surface area contributed by atoms with E-state index in [4.69, 9.17) is 9.47 Å². The lowest BCUT2D eigenvalue weighted by atomic mass is 10.0. The third-order valence-corrected chi connectivity index (χ3v) is 4.07. The summed E-state index contributed by atoms with van der Waals surface area (Å²) >= 11 is 0. The number of aromatic hydroxyl groups is 2. The van der Waals surface area contributed by atoms with Crippen LogP contribution in [0.2, 0.25) is 0 Å². The van der Waals surface area contributed by atoms with Gasteiger partial charge in [0.05, 0.1) is 12.7 Å². The lowest BCUT2D eigenvalue weighted by molar-refractivity contribution is 0.189. The van der Waals surface area contributed by atoms with Crippen LogP contribution in [-0.4, -0.2) is 51.2 Å². The molecule has 9 heteroatoms. The van der Waals surface area contributed by atoms with Gasteiger partial charge in [-0.15, -0.1) is 5.10 Å². The van der Waals surface area contributed by atoms with Gasteiger partial charge in [-0.25, -0.2) is 9.07 Å². The van der Waals surface area contributed by atoms with Gasteiger partial charge in [0.1, 0.15) is 11.5 Å². The second-order valence-electron chi connectivity index (χ2n) is 5.81. The Kier molecular flexibility index (Phi) is 5.51.